The van der Waals surface area contributed by atoms with E-state index >= 15 is 0 Å². The molecule has 2 aromatic carbocycles. The fourth-order valence-electron chi connectivity index (χ4n) is 3.44. The maximum absolute atomic E-state index is 12.1. The van der Waals surface area contributed by atoms with Crippen molar-refractivity contribution in [2.24, 2.45) is 5.10 Å². The van der Waals surface area contributed by atoms with Gasteiger partial charge in [0.2, 0.25) is 5.91 Å². The topological polar surface area (TPSA) is 96.9 Å². The van der Waals surface area contributed by atoms with Crippen LogP contribution in [-0.4, -0.2) is 30.5 Å². The quantitative estimate of drug-likeness (QED) is 0.111. The molecule has 0 fully saturated rings. The summed E-state index contributed by atoms with van der Waals surface area (Å²) in [5.74, 6) is -0.531. The number of hydrazone groups is 1. The Bertz CT molecular complexity index is 927. The van der Waals surface area contributed by atoms with Gasteiger partial charge in [-0.3, -0.25) is 9.59 Å². The van der Waals surface area contributed by atoms with Crippen molar-refractivity contribution in [3.8, 4) is 5.75 Å². The Labute approximate surface area is 208 Å². The van der Waals surface area contributed by atoms with Gasteiger partial charge in [-0.1, -0.05) is 76.5 Å². The van der Waals surface area contributed by atoms with Crippen molar-refractivity contribution in [3.63, 3.8) is 0 Å². The maximum atomic E-state index is 12.1. The van der Waals surface area contributed by atoms with E-state index in [1.165, 1.54) is 44.7 Å². The number of nitrogens with one attached hydrogen (secondary N) is 2. The number of rotatable bonds is 16. The summed E-state index contributed by atoms with van der Waals surface area (Å²) in [5, 5.41) is 6.52. The fraction of sp³-hybridized carbons (Fsp3) is 0.429. The van der Waals surface area contributed by atoms with Crippen molar-refractivity contribution >= 4 is 24.0 Å². The Kier molecular flexibility index (Phi) is 13.5. The summed E-state index contributed by atoms with van der Waals surface area (Å²) in [6.45, 7) is 2.11. The summed E-state index contributed by atoms with van der Waals surface area (Å²) in [6.07, 6.45) is 12.7. The molecule has 2 amide bonds. The first kappa shape index (κ1) is 27.8. The Balaban J connectivity index is 1.56. The number of benzene rings is 2. The molecule has 2 N–H and O–H groups in total. The first-order valence-electron chi connectivity index (χ1n) is 12.5. The summed E-state index contributed by atoms with van der Waals surface area (Å²) < 4.78 is 5.32. The minimum atomic E-state index is -0.431. The first-order chi connectivity index (χ1) is 17.1. The molecule has 0 atom stereocenters. The highest BCUT2D eigenvalue weighted by atomic mass is 16.5. The molecule has 35 heavy (non-hydrogen) atoms. The van der Waals surface area contributed by atoms with E-state index in [1.807, 2.05) is 6.07 Å². The van der Waals surface area contributed by atoms with Crippen LogP contribution < -0.4 is 15.5 Å². The molecule has 0 aliphatic heterocycles. The molecule has 0 saturated carbocycles. The largest absolute Gasteiger partial charge is 0.423 e. The molecule has 2 aromatic rings. The third-order valence-corrected chi connectivity index (χ3v) is 5.46. The van der Waals surface area contributed by atoms with E-state index in [0.29, 0.717) is 17.7 Å². The van der Waals surface area contributed by atoms with Crippen LogP contribution in [0.2, 0.25) is 0 Å². The molecule has 0 spiro atoms. The van der Waals surface area contributed by atoms with Gasteiger partial charge < -0.3 is 10.1 Å². The molecule has 0 radical (unpaired) electrons. The monoisotopic (exact) mass is 479 g/mol. The predicted octanol–water partition coefficient (Wildman–Crippen LogP) is 5.39. The molecule has 0 saturated heterocycles. The summed E-state index contributed by atoms with van der Waals surface area (Å²) in [6, 6.07) is 15.5. The van der Waals surface area contributed by atoms with Crippen LogP contribution in [-0.2, 0) is 9.59 Å². The summed E-state index contributed by atoms with van der Waals surface area (Å²) in [5.41, 5.74) is 3.58. The van der Waals surface area contributed by atoms with Gasteiger partial charge in [-0.15, -0.1) is 0 Å². The number of amides is 2. The highest BCUT2D eigenvalue weighted by Crippen LogP contribution is 2.14. The Hall–Kier alpha value is -3.48. The van der Waals surface area contributed by atoms with Crippen molar-refractivity contribution in [3.05, 3.63) is 65.7 Å². The van der Waals surface area contributed by atoms with Crippen LogP contribution in [0, 0.1) is 0 Å². The zero-order valence-electron chi connectivity index (χ0n) is 20.6. The number of esters is 1. The Morgan fingerprint density at radius 2 is 1.43 bits per heavy atom. The van der Waals surface area contributed by atoms with Gasteiger partial charge in [-0.05, 0) is 48.4 Å². The summed E-state index contributed by atoms with van der Waals surface area (Å²) in [4.78, 5) is 35.8. The van der Waals surface area contributed by atoms with Gasteiger partial charge in [0.1, 0.15) is 5.75 Å². The fourth-order valence-corrected chi connectivity index (χ4v) is 3.44. The average molecular weight is 480 g/mol. The molecule has 0 aliphatic rings. The highest BCUT2D eigenvalue weighted by molar-refractivity contribution is 5.91. The molecular weight excluding hydrogens is 442 g/mol. The lowest BCUT2D eigenvalue weighted by Crippen LogP contribution is -2.34. The van der Waals surface area contributed by atoms with Crippen LogP contribution in [0.1, 0.15) is 87.1 Å². The van der Waals surface area contributed by atoms with Crippen LogP contribution in [0.3, 0.4) is 0 Å². The Morgan fingerprint density at radius 3 is 2.09 bits per heavy atom. The van der Waals surface area contributed by atoms with Gasteiger partial charge in [0.15, 0.2) is 0 Å². The highest BCUT2D eigenvalue weighted by Gasteiger charge is 2.07. The average Bonchev–Trinajstić information content (AvgIpc) is 2.88. The molecule has 2 rings (SSSR count). The minimum absolute atomic E-state index is 0.109. The number of hydrogen-bond donors (Lipinski definition) is 2. The third-order valence-electron chi connectivity index (χ3n) is 5.46. The van der Waals surface area contributed by atoms with Crippen molar-refractivity contribution in [2.75, 3.05) is 6.54 Å². The van der Waals surface area contributed by atoms with Crippen LogP contribution in [0.25, 0.3) is 0 Å². The number of nitrogens with zero attached hydrogens (tertiary/aromatic N) is 1. The van der Waals surface area contributed by atoms with E-state index in [4.69, 9.17) is 4.74 Å². The van der Waals surface area contributed by atoms with E-state index in [9.17, 15) is 14.4 Å². The Morgan fingerprint density at radius 1 is 0.800 bits per heavy atom. The molecule has 7 nitrogen and oxygen atoms in total. The van der Waals surface area contributed by atoms with Crippen molar-refractivity contribution < 1.29 is 19.1 Å². The van der Waals surface area contributed by atoms with E-state index in [0.717, 1.165) is 24.8 Å². The smallest absolute Gasteiger partial charge is 0.343 e. The van der Waals surface area contributed by atoms with Crippen LogP contribution in [0.5, 0.6) is 5.75 Å². The number of carbonyl (C=O) groups is 3. The summed E-state index contributed by atoms with van der Waals surface area (Å²) >= 11 is 0. The summed E-state index contributed by atoms with van der Waals surface area (Å²) in [7, 11) is 0. The molecule has 0 aromatic heterocycles. The van der Waals surface area contributed by atoms with Gasteiger partial charge in [0.25, 0.3) is 5.91 Å². The van der Waals surface area contributed by atoms with E-state index in [1.54, 1.807) is 48.5 Å². The van der Waals surface area contributed by atoms with Gasteiger partial charge in [-0.25, -0.2) is 10.2 Å². The van der Waals surface area contributed by atoms with Crippen LogP contribution in [0.4, 0.5) is 0 Å². The van der Waals surface area contributed by atoms with Crippen molar-refractivity contribution in [2.45, 2.75) is 71.1 Å². The second-order valence-electron chi connectivity index (χ2n) is 8.47. The molecule has 0 aliphatic carbocycles. The maximum Gasteiger partial charge on any atom is 0.343 e. The van der Waals surface area contributed by atoms with Gasteiger partial charge in [-0.2, -0.15) is 5.10 Å². The lowest BCUT2D eigenvalue weighted by molar-refractivity contribution is -0.126. The number of hydrogen-bond acceptors (Lipinski definition) is 5. The second kappa shape index (κ2) is 17.0. The standard InChI is InChI=1S/C28H37N3O4/c1-2-3-4-5-6-7-8-9-13-16-26(32)29-22-27(33)31-30-21-23-17-19-25(20-18-23)35-28(34)24-14-11-10-12-15-24/h10-12,14-15,17-21H,2-9,13,16,22H2,1H3,(H,29,32)(H,31,33)/b30-21+. The van der Waals surface area contributed by atoms with Crippen LogP contribution >= 0.6 is 0 Å². The van der Waals surface area contributed by atoms with Crippen molar-refractivity contribution in [1.29, 1.82) is 0 Å². The van der Waals surface area contributed by atoms with Crippen molar-refractivity contribution in [1.82, 2.24) is 10.7 Å². The van der Waals surface area contributed by atoms with Crippen LogP contribution in [0.15, 0.2) is 59.7 Å². The molecule has 0 bridgehead atoms. The first-order valence-corrected chi connectivity index (χ1v) is 12.5. The molecule has 0 heterocycles. The minimum Gasteiger partial charge on any atom is -0.423 e. The van der Waals surface area contributed by atoms with E-state index in [-0.39, 0.29) is 12.5 Å². The molecule has 7 heteroatoms. The number of unbranched alkanes of at least 4 members (excludes halogenated alkanes) is 8. The van der Waals surface area contributed by atoms with Gasteiger partial charge in [0, 0.05) is 6.42 Å². The zero-order valence-corrected chi connectivity index (χ0v) is 20.6. The number of carbonyl (C=O) groups excluding carboxylic acids is 3. The zero-order chi connectivity index (χ0) is 25.1. The van der Waals surface area contributed by atoms with Gasteiger partial charge in [0.05, 0.1) is 18.3 Å². The lowest BCUT2D eigenvalue weighted by atomic mass is 10.1. The molecular formula is C28H37N3O4. The number of ether oxygens (including phenoxy) is 1. The normalized spacial score (nSPS) is 10.8. The lowest BCUT2D eigenvalue weighted by Gasteiger charge is -2.05. The predicted molar refractivity (Wildman–Crippen MR) is 138 cm³/mol. The second-order valence-corrected chi connectivity index (χ2v) is 8.47. The SMILES string of the molecule is CCCCCCCCCCCC(=O)NCC(=O)N/N=C/c1ccc(OC(=O)c2ccccc2)cc1. The van der Waals surface area contributed by atoms with E-state index in [2.05, 4.69) is 22.8 Å². The van der Waals surface area contributed by atoms with Gasteiger partial charge >= 0.3 is 5.97 Å². The molecule has 0 unspecified atom stereocenters. The molecule has 188 valence electrons. The van der Waals surface area contributed by atoms with E-state index < -0.39 is 11.9 Å². The third kappa shape index (κ3) is 12.5.